The fourth-order valence-corrected chi connectivity index (χ4v) is 5.64. The van der Waals surface area contributed by atoms with Crippen molar-refractivity contribution >= 4 is 21.8 Å². The summed E-state index contributed by atoms with van der Waals surface area (Å²) in [5.74, 6) is -2.12. The third kappa shape index (κ3) is 8.31. The average molecular weight is 623 g/mol. The molecule has 1 atom stereocenters. The van der Waals surface area contributed by atoms with E-state index >= 15 is 0 Å². The van der Waals surface area contributed by atoms with Crippen molar-refractivity contribution in [3.05, 3.63) is 77.6 Å². The molecule has 3 rings (SSSR count). The number of rotatable bonds is 11. The van der Waals surface area contributed by atoms with Crippen LogP contribution in [0.15, 0.2) is 70.6 Å². The van der Waals surface area contributed by atoms with Crippen LogP contribution in [0.3, 0.4) is 0 Å². The fourth-order valence-electron chi connectivity index (χ4n) is 4.19. The molecule has 230 valence electrons. The number of hydrogen-bond acceptors (Lipinski definition) is 5. The molecule has 0 bridgehead atoms. The molecule has 2 aromatic carbocycles. The van der Waals surface area contributed by atoms with Crippen molar-refractivity contribution in [2.75, 3.05) is 13.1 Å². The molecular weight excluding hydrogens is 593 g/mol. The quantitative estimate of drug-likeness (QED) is 0.338. The van der Waals surface area contributed by atoms with E-state index in [9.17, 15) is 43.9 Å². The number of amides is 1. The van der Waals surface area contributed by atoms with Gasteiger partial charge in [-0.25, -0.2) is 12.8 Å². The van der Waals surface area contributed by atoms with Gasteiger partial charge in [-0.15, -0.1) is 0 Å². The second kappa shape index (κ2) is 12.4. The second-order valence-corrected chi connectivity index (χ2v) is 12.1. The van der Waals surface area contributed by atoms with Gasteiger partial charge in [-0.2, -0.15) is 30.6 Å². The Bertz CT molecular complexity index is 1440. The van der Waals surface area contributed by atoms with Crippen molar-refractivity contribution in [2.24, 2.45) is 4.99 Å². The van der Waals surface area contributed by atoms with Gasteiger partial charge in [-0.1, -0.05) is 30.8 Å². The first-order chi connectivity index (χ1) is 19.3. The molecule has 1 amide bonds. The minimum Gasteiger partial charge on any atom is -0.357 e. The number of aliphatic imine (C=N–C) groups is 1. The Balaban J connectivity index is 1.77. The van der Waals surface area contributed by atoms with E-state index in [2.05, 4.69) is 22.2 Å². The topological polar surface area (TPSA) is 90.9 Å². The number of carbonyl (C=O) groups is 1. The predicted molar refractivity (Wildman–Crippen MR) is 141 cm³/mol. The van der Waals surface area contributed by atoms with Crippen molar-refractivity contribution in [1.82, 2.24) is 14.9 Å². The van der Waals surface area contributed by atoms with Crippen LogP contribution in [0.4, 0.5) is 30.7 Å². The number of sulfonamides is 1. The van der Waals surface area contributed by atoms with Crippen LogP contribution in [0.5, 0.6) is 0 Å². The molecule has 2 aromatic rings. The summed E-state index contributed by atoms with van der Waals surface area (Å²) in [5.41, 5.74) is -2.32. The van der Waals surface area contributed by atoms with Gasteiger partial charge in [0.15, 0.2) is 0 Å². The highest BCUT2D eigenvalue weighted by Crippen LogP contribution is 2.32. The fraction of sp³-hybridized carbons (Fsp3) is 0.407. The summed E-state index contributed by atoms with van der Waals surface area (Å²) in [6.07, 6.45) is -10.6. The first-order valence-corrected chi connectivity index (χ1v) is 14.0. The standard InChI is InChI=1S/C27H29F7N4O3S/c1-17(23-36-22(25(2,3)37-23)24(39)35-13-12-26(29,30)31)11-14-38(42(40,41)19-7-5-4-6-8-19)16-18-9-10-20(21(28)15-18)27(32,33)34/h4-10,15,22H,1,11-14,16H2,2-3H3,(H,35,39)(H,36,37)/t22-/m0/s1. The van der Waals surface area contributed by atoms with E-state index < -0.39 is 70.8 Å². The summed E-state index contributed by atoms with van der Waals surface area (Å²) in [6.45, 7) is 5.73. The number of nitrogens with one attached hydrogen (secondary N) is 2. The Hall–Kier alpha value is -3.46. The lowest BCUT2D eigenvalue weighted by molar-refractivity contribution is -0.140. The normalized spacial score (nSPS) is 17.1. The summed E-state index contributed by atoms with van der Waals surface area (Å²) in [5, 5.41) is 5.05. The lowest BCUT2D eigenvalue weighted by Gasteiger charge is -2.24. The third-order valence-corrected chi connectivity index (χ3v) is 8.29. The van der Waals surface area contributed by atoms with Crippen LogP contribution < -0.4 is 10.6 Å². The Morgan fingerprint density at radius 2 is 1.74 bits per heavy atom. The molecule has 0 aromatic heterocycles. The largest absolute Gasteiger partial charge is 0.419 e. The Morgan fingerprint density at radius 1 is 1.10 bits per heavy atom. The van der Waals surface area contributed by atoms with E-state index in [1.165, 1.54) is 24.3 Å². The molecule has 15 heteroatoms. The molecule has 0 saturated heterocycles. The summed E-state index contributed by atoms with van der Waals surface area (Å²) in [4.78, 5) is 16.9. The van der Waals surface area contributed by atoms with E-state index in [0.29, 0.717) is 12.1 Å². The molecule has 1 heterocycles. The number of alkyl halides is 6. The molecule has 2 N–H and O–H groups in total. The minimum absolute atomic E-state index is 0.0290. The van der Waals surface area contributed by atoms with Crippen LogP contribution in [0.1, 0.15) is 37.8 Å². The van der Waals surface area contributed by atoms with Gasteiger partial charge in [-0.3, -0.25) is 9.79 Å². The van der Waals surface area contributed by atoms with Crippen LogP contribution in [0.2, 0.25) is 0 Å². The molecule has 42 heavy (non-hydrogen) atoms. The van der Waals surface area contributed by atoms with Crippen molar-refractivity contribution in [3.8, 4) is 0 Å². The monoisotopic (exact) mass is 622 g/mol. The van der Waals surface area contributed by atoms with Gasteiger partial charge in [0.2, 0.25) is 15.9 Å². The number of amidine groups is 1. The lowest BCUT2D eigenvalue weighted by Crippen LogP contribution is -2.52. The third-order valence-electron chi connectivity index (χ3n) is 6.43. The van der Waals surface area contributed by atoms with Gasteiger partial charge in [0.1, 0.15) is 17.7 Å². The van der Waals surface area contributed by atoms with Crippen LogP contribution in [-0.2, 0) is 27.5 Å². The van der Waals surface area contributed by atoms with Crippen LogP contribution in [0.25, 0.3) is 0 Å². The minimum atomic E-state index is -4.92. The van der Waals surface area contributed by atoms with Crippen LogP contribution in [0, 0.1) is 5.82 Å². The summed E-state index contributed by atoms with van der Waals surface area (Å²) >= 11 is 0. The van der Waals surface area contributed by atoms with Crippen molar-refractivity contribution < 1.29 is 43.9 Å². The van der Waals surface area contributed by atoms with Gasteiger partial charge in [-0.05, 0) is 55.7 Å². The zero-order valence-corrected chi connectivity index (χ0v) is 23.4. The SMILES string of the molecule is C=C(CCN(Cc1ccc(C(F)(F)F)c(F)c1)S(=O)(=O)c1ccccc1)C1=NC(C)(C)[C@H](C(=O)NCCC(F)(F)F)N1. The number of halogens is 7. The molecule has 0 fully saturated rings. The lowest BCUT2D eigenvalue weighted by atomic mass is 9.96. The van der Waals surface area contributed by atoms with E-state index in [-0.39, 0.29) is 34.8 Å². The Labute approximate surface area is 238 Å². The Morgan fingerprint density at radius 3 is 2.31 bits per heavy atom. The number of benzene rings is 2. The highest BCUT2D eigenvalue weighted by molar-refractivity contribution is 7.89. The molecule has 0 spiro atoms. The number of carbonyl (C=O) groups excluding carboxylic acids is 1. The number of nitrogens with zero attached hydrogens (tertiary/aromatic N) is 2. The van der Waals surface area contributed by atoms with E-state index in [0.717, 1.165) is 10.4 Å². The van der Waals surface area contributed by atoms with E-state index in [4.69, 9.17) is 0 Å². The molecule has 1 aliphatic heterocycles. The number of hydrogen-bond donors (Lipinski definition) is 2. The molecule has 1 aliphatic rings. The maximum Gasteiger partial charge on any atom is 0.419 e. The molecule has 0 saturated carbocycles. The van der Waals surface area contributed by atoms with E-state index in [1.54, 1.807) is 19.9 Å². The summed E-state index contributed by atoms with van der Waals surface area (Å²) < 4.78 is 118. The van der Waals surface area contributed by atoms with Gasteiger partial charge in [0.05, 0.1) is 22.4 Å². The first kappa shape index (κ1) is 33.0. The zero-order chi connectivity index (χ0) is 31.5. The summed E-state index contributed by atoms with van der Waals surface area (Å²) in [7, 11) is -4.21. The molecule has 0 aliphatic carbocycles. The van der Waals surface area contributed by atoms with Crippen molar-refractivity contribution in [1.29, 1.82) is 0 Å². The van der Waals surface area contributed by atoms with Crippen molar-refractivity contribution in [3.63, 3.8) is 0 Å². The zero-order valence-electron chi connectivity index (χ0n) is 22.6. The summed E-state index contributed by atoms with van der Waals surface area (Å²) in [6, 6.07) is 8.35. The maximum absolute atomic E-state index is 14.2. The van der Waals surface area contributed by atoms with Crippen molar-refractivity contribution in [2.45, 2.75) is 62.1 Å². The molecule has 0 unspecified atom stereocenters. The van der Waals surface area contributed by atoms with E-state index in [1.807, 2.05) is 0 Å². The molecular formula is C27H29F7N4O3S. The first-order valence-electron chi connectivity index (χ1n) is 12.6. The van der Waals surface area contributed by atoms with Crippen LogP contribution in [-0.4, -0.2) is 55.3 Å². The maximum atomic E-state index is 14.2. The highest BCUT2D eigenvalue weighted by Gasteiger charge is 2.42. The van der Waals surface area contributed by atoms with Crippen LogP contribution >= 0.6 is 0 Å². The highest BCUT2D eigenvalue weighted by atomic mass is 32.2. The molecule has 0 radical (unpaired) electrons. The van der Waals surface area contributed by atoms with Gasteiger partial charge < -0.3 is 10.6 Å². The smallest absolute Gasteiger partial charge is 0.357 e. The second-order valence-electron chi connectivity index (χ2n) is 10.2. The Kier molecular flexibility index (Phi) is 9.77. The van der Waals surface area contributed by atoms with Gasteiger partial charge >= 0.3 is 12.4 Å². The van der Waals surface area contributed by atoms with Gasteiger partial charge in [0, 0.05) is 19.6 Å². The van der Waals surface area contributed by atoms with Gasteiger partial charge in [0.25, 0.3) is 0 Å². The molecule has 7 nitrogen and oxygen atoms in total. The predicted octanol–water partition coefficient (Wildman–Crippen LogP) is 5.20. The average Bonchev–Trinajstić information content (AvgIpc) is 3.20.